The molecule has 0 fully saturated rings. The van der Waals surface area contributed by atoms with Crippen LogP contribution in [0.15, 0.2) is 0 Å². The number of halogens is 1. The van der Waals surface area contributed by atoms with Crippen LogP contribution in [0.25, 0.3) is 0 Å². The summed E-state index contributed by atoms with van der Waals surface area (Å²) in [6.45, 7) is 10.1. The normalized spacial score (nSPS) is 11.5. The average Bonchev–Trinajstić information content (AvgIpc) is 3.02. The van der Waals surface area contributed by atoms with E-state index < -0.39 is 12.6 Å². The number of alkyl halides is 1. The highest BCUT2D eigenvalue weighted by Gasteiger charge is 1.98. The molecule has 0 atom stereocenters. The van der Waals surface area contributed by atoms with Gasteiger partial charge in [0.05, 0.1) is 165 Å². The number of carboxylic acids is 1. The van der Waals surface area contributed by atoms with Crippen LogP contribution in [0.2, 0.25) is 0 Å². The summed E-state index contributed by atoms with van der Waals surface area (Å²) in [5, 5.41) is 8.42. The minimum Gasteiger partial charge on any atom is -0.480 e. The smallest absolute Gasteiger partial charge is 0.329 e. The predicted molar refractivity (Wildman–Crippen MR) is 154 cm³/mol. The van der Waals surface area contributed by atoms with Crippen molar-refractivity contribution in [1.82, 2.24) is 0 Å². The van der Waals surface area contributed by atoms with E-state index in [0.717, 1.165) is 0 Å². The zero-order valence-corrected chi connectivity index (χ0v) is 26.1. The van der Waals surface area contributed by atoms with Crippen LogP contribution >= 0.6 is 0 Å². The fraction of sp³-hybridized carbons (Fsp3) is 0.964. The summed E-state index contributed by atoms with van der Waals surface area (Å²) in [5.41, 5.74) is 0. The monoisotopic (exact) mass is 650 g/mol. The lowest BCUT2D eigenvalue weighted by atomic mass is 10.6. The largest absolute Gasteiger partial charge is 0.480 e. The standard InChI is InChI=1S/C28H55FO15/c29-1-2-32-3-4-33-5-6-34-7-8-35-9-10-36-11-12-37-13-14-38-15-16-39-17-18-40-19-20-41-21-22-42-23-24-43-25-26-44-27-28(30)31/h1-27H2,(H,30,31). The number of carboxylic acid groups (broad SMARTS) is 1. The van der Waals surface area contributed by atoms with Gasteiger partial charge in [-0.25, -0.2) is 9.18 Å². The van der Waals surface area contributed by atoms with Crippen molar-refractivity contribution in [1.29, 1.82) is 0 Å². The Bertz CT molecular complexity index is 551. The lowest BCUT2D eigenvalue weighted by molar-refractivity contribution is -0.142. The molecule has 0 bridgehead atoms. The van der Waals surface area contributed by atoms with Gasteiger partial charge in [0.15, 0.2) is 0 Å². The van der Waals surface area contributed by atoms with Gasteiger partial charge in [0.1, 0.15) is 13.3 Å². The lowest BCUT2D eigenvalue weighted by Gasteiger charge is -2.09. The van der Waals surface area contributed by atoms with Crippen molar-refractivity contribution in [2.24, 2.45) is 0 Å². The molecule has 15 nitrogen and oxygen atoms in total. The van der Waals surface area contributed by atoms with Crippen LogP contribution in [0.1, 0.15) is 0 Å². The third-order valence-electron chi connectivity index (χ3n) is 4.91. The van der Waals surface area contributed by atoms with E-state index in [1.165, 1.54) is 0 Å². The molecular formula is C28H55FO15. The Morgan fingerprint density at radius 2 is 0.477 bits per heavy atom. The molecule has 0 saturated carbocycles. The van der Waals surface area contributed by atoms with E-state index in [9.17, 15) is 9.18 Å². The van der Waals surface area contributed by atoms with Gasteiger partial charge in [-0.15, -0.1) is 0 Å². The Morgan fingerprint density at radius 3 is 0.636 bits per heavy atom. The molecular weight excluding hydrogens is 595 g/mol. The van der Waals surface area contributed by atoms with Crippen molar-refractivity contribution in [3.05, 3.63) is 0 Å². The molecule has 0 amide bonds. The Labute approximate surface area is 260 Å². The van der Waals surface area contributed by atoms with Crippen LogP contribution in [0.4, 0.5) is 4.39 Å². The van der Waals surface area contributed by atoms with E-state index >= 15 is 0 Å². The third-order valence-corrected chi connectivity index (χ3v) is 4.91. The average molecular weight is 651 g/mol. The van der Waals surface area contributed by atoms with Crippen molar-refractivity contribution in [2.45, 2.75) is 0 Å². The maximum absolute atomic E-state index is 11.8. The number of hydrogen-bond acceptors (Lipinski definition) is 14. The maximum Gasteiger partial charge on any atom is 0.329 e. The van der Waals surface area contributed by atoms with Crippen molar-refractivity contribution in [3.63, 3.8) is 0 Å². The van der Waals surface area contributed by atoms with E-state index in [1.54, 1.807) is 0 Å². The van der Waals surface area contributed by atoms with E-state index in [4.69, 9.17) is 66.7 Å². The predicted octanol–water partition coefficient (Wildman–Crippen LogP) is 0.256. The second-order valence-corrected chi connectivity index (χ2v) is 8.48. The Balaban J connectivity index is 3.04. The molecule has 0 rings (SSSR count). The number of ether oxygens (including phenoxy) is 13. The highest BCUT2D eigenvalue weighted by Crippen LogP contribution is 1.87. The van der Waals surface area contributed by atoms with Crippen LogP contribution in [0.5, 0.6) is 0 Å². The van der Waals surface area contributed by atoms with Gasteiger partial charge in [0, 0.05) is 0 Å². The first kappa shape index (κ1) is 42.9. The van der Waals surface area contributed by atoms with Crippen LogP contribution < -0.4 is 0 Å². The van der Waals surface area contributed by atoms with Crippen molar-refractivity contribution in [3.8, 4) is 0 Å². The van der Waals surface area contributed by atoms with Gasteiger partial charge in [-0.3, -0.25) is 0 Å². The SMILES string of the molecule is O=C(O)COCCOCCOCCOCCOCCOCCOCCOCCOCCOCCOCCOCCOCCF. The molecule has 44 heavy (non-hydrogen) atoms. The fourth-order valence-corrected chi connectivity index (χ4v) is 2.85. The first-order valence-corrected chi connectivity index (χ1v) is 15.1. The first-order valence-electron chi connectivity index (χ1n) is 15.1. The van der Waals surface area contributed by atoms with Gasteiger partial charge >= 0.3 is 5.97 Å². The molecule has 0 aliphatic heterocycles. The minimum atomic E-state index is -0.999. The topological polar surface area (TPSA) is 157 Å². The summed E-state index contributed by atoms with van der Waals surface area (Å²) < 4.78 is 80.9. The molecule has 0 aliphatic carbocycles. The summed E-state index contributed by atoms with van der Waals surface area (Å²) >= 11 is 0. The highest BCUT2D eigenvalue weighted by molar-refractivity contribution is 5.67. The number of rotatable bonds is 40. The fourth-order valence-electron chi connectivity index (χ4n) is 2.85. The summed E-state index contributed by atoms with van der Waals surface area (Å²) in [6, 6.07) is 0. The van der Waals surface area contributed by atoms with Crippen molar-refractivity contribution >= 4 is 5.97 Å². The van der Waals surface area contributed by atoms with Gasteiger partial charge in [-0.1, -0.05) is 0 Å². The summed E-state index contributed by atoms with van der Waals surface area (Å²) in [7, 11) is 0. The van der Waals surface area contributed by atoms with Crippen LogP contribution in [-0.2, 0) is 66.4 Å². The van der Waals surface area contributed by atoms with Crippen molar-refractivity contribution < 1.29 is 75.9 Å². The van der Waals surface area contributed by atoms with Gasteiger partial charge in [-0.05, 0) is 0 Å². The number of aliphatic carboxylic acids is 1. The van der Waals surface area contributed by atoms with Gasteiger partial charge in [0.2, 0.25) is 0 Å². The molecule has 16 heteroatoms. The van der Waals surface area contributed by atoms with Gasteiger partial charge in [0.25, 0.3) is 0 Å². The molecule has 0 aliphatic rings. The van der Waals surface area contributed by atoms with E-state index in [0.29, 0.717) is 152 Å². The van der Waals surface area contributed by atoms with Crippen LogP contribution in [0, 0.1) is 0 Å². The molecule has 0 aromatic heterocycles. The quantitative estimate of drug-likeness (QED) is 0.0900. The zero-order chi connectivity index (χ0) is 31.9. The van der Waals surface area contributed by atoms with E-state index in [-0.39, 0.29) is 19.8 Å². The third kappa shape index (κ3) is 40.9. The number of hydrogen-bond donors (Lipinski definition) is 1. The van der Waals surface area contributed by atoms with Crippen molar-refractivity contribution in [2.75, 3.05) is 178 Å². The van der Waals surface area contributed by atoms with E-state index in [1.807, 2.05) is 0 Å². The minimum absolute atomic E-state index is 0.108. The first-order chi connectivity index (χ1) is 21.8. The molecule has 264 valence electrons. The molecule has 0 unspecified atom stereocenters. The lowest BCUT2D eigenvalue weighted by Crippen LogP contribution is -2.15. The van der Waals surface area contributed by atoms with Crippen LogP contribution in [0.3, 0.4) is 0 Å². The summed E-state index contributed by atoms with van der Waals surface area (Å²) in [6.07, 6.45) is 0. The molecule has 0 aromatic rings. The van der Waals surface area contributed by atoms with Crippen LogP contribution in [-0.4, -0.2) is 190 Å². The maximum atomic E-state index is 11.8. The second kappa shape index (κ2) is 39.9. The Kier molecular flexibility index (Phi) is 38.9. The summed E-state index contributed by atoms with van der Waals surface area (Å²) in [4.78, 5) is 10.3. The Morgan fingerprint density at radius 1 is 0.318 bits per heavy atom. The molecule has 0 heterocycles. The zero-order valence-electron chi connectivity index (χ0n) is 26.1. The molecule has 1 N–H and O–H groups in total. The van der Waals surface area contributed by atoms with Gasteiger partial charge in [-0.2, -0.15) is 0 Å². The Hall–Kier alpha value is -1.12. The van der Waals surface area contributed by atoms with E-state index in [2.05, 4.69) is 0 Å². The summed E-state index contributed by atoms with van der Waals surface area (Å²) in [5.74, 6) is -0.999. The highest BCUT2D eigenvalue weighted by atomic mass is 19.1. The second-order valence-electron chi connectivity index (χ2n) is 8.48. The molecule has 0 spiro atoms. The molecule has 0 aromatic carbocycles. The molecule has 0 radical (unpaired) electrons. The number of carbonyl (C=O) groups is 1. The van der Waals surface area contributed by atoms with Gasteiger partial charge < -0.3 is 66.7 Å². The molecule has 0 saturated heterocycles.